The summed E-state index contributed by atoms with van der Waals surface area (Å²) in [5.41, 5.74) is -0.203. The van der Waals surface area contributed by atoms with E-state index in [1.54, 1.807) is 0 Å². The molecule has 1 saturated carbocycles. The molecule has 19 heavy (non-hydrogen) atoms. The molecule has 1 amide bonds. The van der Waals surface area contributed by atoms with Crippen molar-refractivity contribution in [3.8, 4) is 0 Å². The number of hydrogen-bond acceptors (Lipinski definition) is 5. The molecule has 1 fully saturated rings. The van der Waals surface area contributed by atoms with Crippen molar-refractivity contribution in [2.75, 3.05) is 0 Å². The Morgan fingerprint density at radius 3 is 2.79 bits per heavy atom. The Labute approximate surface area is 109 Å². The molecule has 8 nitrogen and oxygen atoms in total. The molecule has 0 bridgehead atoms. The van der Waals surface area contributed by atoms with E-state index in [-0.39, 0.29) is 24.2 Å². The molecule has 3 N–H and O–H groups in total. The third-order valence-electron chi connectivity index (χ3n) is 3.14. The highest BCUT2D eigenvalue weighted by atomic mass is 16.4. The molecule has 1 aromatic heterocycles. The summed E-state index contributed by atoms with van der Waals surface area (Å²) in [6.07, 6.45) is 4.08. The number of aliphatic hydroxyl groups excluding tert-OH is 1. The van der Waals surface area contributed by atoms with Gasteiger partial charge in [-0.25, -0.2) is 9.48 Å². The molecular formula is C11H16N4O4. The normalized spacial score (nSPS) is 23.0. The first-order valence-electron chi connectivity index (χ1n) is 6.17. The van der Waals surface area contributed by atoms with Crippen molar-refractivity contribution >= 4 is 11.9 Å². The molecule has 1 heterocycles. The molecular weight excluding hydrogens is 252 g/mol. The van der Waals surface area contributed by atoms with Gasteiger partial charge >= 0.3 is 5.97 Å². The van der Waals surface area contributed by atoms with Crippen LogP contribution in [0.5, 0.6) is 0 Å². The monoisotopic (exact) mass is 268 g/mol. The third kappa shape index (κ3) is 3.50. The second-order valence-corrected chi connectivity index (χ2v) is 4.63. The van der Waals surface area contributed by atoms with Gasteiger partial charge in [-0.3, -0.25) is 4.79 Å². The van der Waals surface area contributed by atoms with Gasteiger partial charge in [-0.15, -0.1) is 5.10 Å². The molecule has 0 saturated heterocycles. The number of hydrogen-bond donors (Lipinski definition) is 3. The van der Waals surface area contributed by atoms with Gasteiger partial charge in [0.2, 0.25) is 5.91 Å². The Hall–Kier alpha value is -1.96. The zero-order valence-corrected chi connectivity index (χ0v) is 10.3. The van der Waals surface area contributed by atoms with Gasteiger partial charge in [0.1, 0.15) is 6.54 Å². The molecule has 2 rings (SSSR count). The first-order chi connectivity index (χ1) is 9.06. The molecule has 0 radical (unpaired) electrons. The van der Waals surface area contributed by atoms with Crippen LogP contribution in [0.25, 0.3) is 0 Å². The van der Waals surface area contributed by atoms with Gasteiger partial charge in [-0.1, -0.05) is 18.1 Å². The van der Waals surface area contributed by atoms with Gasteiger partial charge in [0, 0.05) is 0 Å². The summed E-state index contributed by atoms with van der Waals surface area (Å²) in [5.74, 6) is -1.50. The maximum Gasteiger partial charge on any atom is 0.358 e. The summed E-state index contributed by atoms with van der Waals surface area (Å²) in [6.45, 7) is -0.108. The summed E-state index contributed by atoms with van der Waals surface area (Å²) >= 11 is 0. The molecule has 0 spiro atoms. The first kappa shape index (κ1) is 13.5. The molecule has 2 unspecified atom stereocenters. The van der Waals surface area contributed by atoms with Gasteiger partial charge in [0.25, 0.3) is 0 Å². The van der Waals surface area contributed by atoms with E-state index in [1.165, 1.54) is 6.20 Å². The Morgan fingerprint density at radius 1 is 1.42 bits per heavy atom. The van der Waals surface area contributed by atoms with Crippen LogP contribution in [0.15, 0.2) is 6.20 Å². The molecule has 1 aliphatic carbocycles. The molecule has 8 heteroatoms. The Bertz CT molecular complexity index is 473. The number of amides is 1. The minimum absolute atomic E-state index is 0.108. The summed E-state index contributed by atoms with van der Waals surface area (Å²) < 4.78 is 1.16. The lowest BCUT2D eigenvalue weighted by molar-refractivity contribution is -0.123. The second kappa shape index (κ2) is 5.79. The lowest BCUT2D eigenvalue weighted by atomic mass is 9.92. The van der Waals surface area contributed by atoms with E-state index in [4.69, 9.17) is 5.11 Å². The highest BCUT2D eigenvalue weighted by molar-refractivity contribution is 5.84. The number of nitrogens with one attached hydrogen (secondary N) is 1. The lowest BCUT2D eigenvalue weighted by Gasteiger charge is -2.28. The van der Waals surface area contributed by atoms with Crippen molar-refractivity contribution < 1.29 is 19.8 Å². The number of aliphatic hydroxyl groups is 1. The summed E-state index contributed by atoms with van der Waals surface area (Å²) in [7, 11) is 0. The van der Waals surface area contributed by atoms with Gasteiger partial charge < -0.3 is 15.5 Å². The third-order valence-corrected chi connectivity index (χ3v) is 3.14. The highest BCUT2D eigenvalue weighted by Gasteiger charge is 2.24. The fraction of sp³-hybridized carbons (Fsp3) is 0.636. The van der Waals surface area contributed by atoms with Crippen molar-refractivity contribution in [2.45, 2.75) is 44.4 Å². The number of aromatic nitrogens is 3. The Balaban J connectivity index is 1.87. The Kier molecular flexibility index (Phi) is 4.10. The van der Waals surface area contributed by atoms with Gasteiger partial charge in [-0.2, -0.15) is 0 Å². The van der Waals surface area contributed by atoms with Gasteiger partial charge in [0.15, 0.2) is 5.69 Å². The van der Waals surface area contributed by atoms with Crippen LogP contribution in [0.4, 0.5) is 0 Å². The maximum absolute atomic E-state index is 11.7. The maximum atomic E-state index is 11.7. The van der Waals surface area contributed by atoms with Gasteiger partial charge in [0.05, 0.1) is 18.3 Å². The average Bonchev–Trinajstić information content (AvgIpc) is 2.80. The van der Waals surface area contributed by atoms with E-state index < -0.39 is 12.1 Å². The van der Waals surface area contributed by atoms with Crippen LogP contribution in [-0.4, -0.2) is 49.2 Å². The molecule has 0 aromatic carbocycles. The van der Waals surface area contributed by atoms with E-state index in [0.29, 0.717) is 6.42 Å². The lowest BCUT2D eigenvalue weighted by Crippen LogP contribution is -2.46. The van der Waals surface area contributed by atoms with Crippen molar-refractivity contribution in [1.29, 1.82) is 0 Å². The van der Waals surface area contributed by atoms with Crippen LogP contribution >= 0.6 is 0 Å². The quantitative estimate of drug-likeness (QED) is 0.671. The predicted molar refractivity (Wildman–Crippen MR) is 63.4 cm³/mol. The molecule has 104 valence electrons. The number of carboxylic acids is 1. The zero-order valence-electron chi connectivity index (χ0n) is 10.3. The van der Waals surface area contributed by atoms with Crippen molar-refractivity contribution in [3.05, 3.63) is 11.9 Å². The van der Waals surface area contributed by atoms with Crippen LogP contribution < -0.4 is 5.32 Å². The predicted octanol–water partition coefficient (Wildman–Crippen LogP) is -0.604. The highest BCUT2D eigenvalue weighted by Crippen LogP contribution is 2.18. The van der Waals surface area contributed by atoms with Crippen LogP contribution in [0.1, 0.15) is 36.2 Å². The van der Waals surface area contributed by atoms with E-state index in [2.05, 4.69) is 15.6 Å². The molecule has 1 aromatic rings. The van der Waals surface area contributed by atoms with E-state index in [9.17, 15) is 14.7 Å². The number of aromatic carboxylic acids is 1. The number of carbonyl (C=O) groups excluding carboxylic acids is 1. The van der Waals surface area contributed by atoms with Crippen LogP contribution in [-0.2, 0) is 11.3 Å². The van der Waals surface area contributed by atoms with Crippen molar-refractivity contribution in [2.24, 2.45) is 0 Å². The zero-order chi connectivity index (χ0) is 13.8. The number of carbonyl (C=O) groups is 2. The number of carboxylic acid groups (broad SMARTS) is 1. The first-order valence-corrected chi connectivity index (χ1v) is 6.17. The largest absolute Gasteiger partial charge is 0.476 e. The molecule has 1 aliphatic rings. The van der Waals surface area contributed by atoms with E-state index >= 15 is 0 Å². The molecule has 0 aliphatic heterocycles. The van der Waals surface area contributed by atoms with Crippen LogP contribution in [0.3, 0.4) is 0 Å². The second-order valence-electron chi connectivity index (χ2n) is 4.63. The van der Waals surface area contributed by atoms with E-state index in [0.717, 1.165) is 23.9 Å². The molecule has 2 atom stereocenters. The van der Waals surface area contributed by atoms with Crippen molar-refractivity contribution in [3.63, 3.8) is 0 Å². The van der Waals surface area contributed by atoms with Gasteiger partial charge in [-0.05, 0) is 12.8 Å². The van der Waals surface area contributed by atoms with Crippen molar-refractivity contribution in [1.82, 2.24) is 20.3 Å². The topological polar surface area (TPSA) is 117 Å². The minimum Gasteiger partial charge on any atom is -0.476 e. The summed E-state index contributed by atoms with van der Waals surface area (Å²) in [4.78, 5) is 22.4. The number of rotatable bonds is 4. The minimum atomic E-state index is -1.19. The Morgan fingerprint density at radius 2 is 2.16 bits per heavy atom. The summed E-state index contributed by atoms with van der Waals surface area (Å²) in [6, 6.07) is -0.233. The SMILES string of the molecule is O=C(Cn1cc(C(=O)O)nn1)NC1CCCCC1O. The standard InChI is InChI=1S/C11H16N4O4/c16-9-4-2-1-3-7(9)12-10(17)6-15-5-8(11(18)19)13-14-15/h5,7,9,16H,1-4,6H2,(H,12,17)(H,18,19). The summed E-state index contributed by atoms with van der Waals surface area (Å²) in [5, 5.41) is 28.1. The number of nitrogens with zero attached hydrogens (tertiary/aromatic N) is 3. The fourth-order valence-electron chi connectivity index (χ4n) is 2.15. The smallest absolute Gasteiger partial charge is 0.358 e. The van der Waals surface area contributed by atoms with Crippen LogP contribution in [0.2, 0.25) is 0 Å². The fourth-order valence-corrected chi connectivity index (χ4v) is 2.15. The van der Waals surface area contributed by atoms with Crippen LogP contribution in [0, 0.1) is 0 Å². The van der Waals surface area contributed by atoms with E-state index in [1.807, 2.05) is 0 Å². The average molecular weight is 268 g/mol.